The molecule has 172 valence electrons. The van der Waals surface area contributed by atoms with E-state index >= 15 is 0 Å². The van der Waals surface area contributed by atoms with E-state index in [0.29, 0.717) is 16.5 Å². The highest BCUT2D eigenvalue weighted by atomic mass is 16.5. The van der Waals surface area contributed by atoms with Crippen molar-refractivity contribution in [3.8, 4) is 5.69 Å². The van der Waals surface area contributed by atoms with E-state index in [0.717, 1.165) is 29.7 Å². The highest BCUT2D eigenvalue weighted by Gasteiger charge is 2.20. The molecule has 0 saturated heterocycles. The Labute approximate surface area is 197 Å². The molecule has 4 aromatic rings. The summed E-state index contributed by atoms with van der Waals surface area (Å²) < 4.78 is 6.49. The van der Waals surface area contributed by atoms with Crippen molar-refractivity contribution in [3.05, 3.63) is 100.0 Å². The lowest BCUT2D eigenvalue weighted by molar-refractivity contribution is -0.119. The number of aryl methyl sites for hydroxylation is 2. The minimum atomic E-state index is -0.782. The molecule has 1 N–H and O–H groups in total. The van der Waals surface area contributed by atoms with Crippen LogP contribution in [-0.4, -0.2) is 28.3 Å². The second-order valence-electron chi connectivity index (χ2n) is 7.73. The van der Waals surface area contributed by atoms with E-state index < -0.39 is 18.5 Å². The third-order valence-corrected chi connectivity index (χ3v) is 5.60. The predicted molar refractivity (Wildman–Crippen MR) is 131 cm³/mol. The average molecular weight is 456 g/mol. The molecule has 1 aromatic heterocycles. The highest BCUT2D eigenvalue weighted by Crippen LogP contribution is 2.22. The number of fused-ring (bicyclic) bond motifs is 1. The van der Waals surface area contributed by atoms with Crippen LogP contribution in [0.5, 0.6) is 0 Å². The molecule has 1 heterocycles. The number of nitrogens with zero attached hydrogens (tertiary/aromatic N) is 2. The van der Waals surface area contributed by atoms with Gasteiger partial charge in [-0.2, -0.15) is 9.78 Å². The molecule has 0 aliphatic heterocycles. The van der Waals surface area contributed by atoms with Gasteiger partial charge in [-0.3, -0.25) is 9.59 Å². The van der Waals surface area contributed by atoms with Crippen LogP contribution in [0.1, 0.15) is 35.5 Å². The zero-order valence-electron chi connectivity index (χ0n) is 19.1. The molecular formula is C27H25N3O4. The van der Waals surface area contributed by atoms with E-state index in [1.54, 1.807) is 48.5 Å². The van der Waals surface area contributed by atoms with E-state index in [2.05, 4.69) is 10.4 Å². The van der Waals surface area contributed by atoms with Crippen LogP contribution in [0.4, 0.5) is 5.69 Å². The number of hydrogen-bond acceptors (Lipinski definition) is 5. The van der Waals surface area contributed by atoms with Gasteiger partial charge in [0.25, 0.3) is 11.5 Å². The number of ether oxygens (including phenoxy) is 1. The number of esters is 1. The van der Waals surface area contributed by atoms with Gasteiger partial charge in [0.1, 0.15) is 0 Å². The van der Waals surface area contributed by atoms with Gasteiger partial charge in [0, 0.05) is 11.1 Å². The van der Waals surface area contributed by atoms with E-state index in [1.165, 1.54) is 4.68 Å². The lowest BCUT2D eigenvalue weighted by Gasteiger charge is -2.15. The van der Waals surface area contributed by atoms with Crippen molar-refractivity contribution in [2.75, 3.05) is 11.9 Å². The zero-order valence-corrected chi connectivity index (χ0v) is 19.1. The molecule has 0 aliphatic rings. The summed E-state index contributed by atoms with van der Waals surface area (Å²) in [5, 5.41) is 7.87. The molecule has 7 nitrogen and oxygen atoms in total. The van der Waals surface area contributed by atoms with Crippen LogP contribution in [0.2, 0.25) is 0 Å². The van der Waals surface area contributed by atoms with Gasteiger partial charge in [0.05, 0.1) is 11.1 Å². The van der Waals surface area contributed by atoms with Crippen molar-refractivity contribution in [1.29, 1.82) is 0 Å². The molecule has 34 heavy (non-hydrogen) atoms. The number of hydrogen-bond donors (Lipinski definition) is 1. The van der Waals surface area contributed by atoms with Crippen molar-refractivity contribution < 1.29 is 14.3 Å². The Balaban J connectivity index is 1.60. The topological polar surface area (TPSA) is 90.3 Å². The maximum absolute atomic E-state index is 13.0. The molecule has 0 unspecified atom stereocenters. The normalized spacial score (nSPS) is 10.8. The maximum Gasteiger partial charge on any atom is 0.359 e. The Bertz CT molecular complexity index is 1390. The fourth-order valence-corrected chi connectivity index (χ4v) is 3.86. The fourth-order valence-electron chi connectivity index (χ4n) is 3.86. The molecule has 7 heteroatoms. The van der Waals surface area contributed by atoms with E-state index in [4.69, 9.17) is 4.74 Å². The summed E-state index contributed by atoms with van der Waals surface area (Å²) in [4.78, 5) is 38.6. The van der Waals surface area contributed by atoms with E-state index in [-0.39, 0.29) is 11.3 Å². The van der Waals surface area contributed by atoms with Crippen LogP contribution >= 0.6 is 0 Å². The number of nitrogens with one attached hydrogen (secondary N) is 1. The number of carbonyl (C=O) groups is 2. The first kappa shape index (κ1) is 22.9. The Kier molecular flexibility index (Phi) is 6.82. The van der Waals surface area contributed by atoms with Crippen molar-refractivity contribution >= 4 is 28.3 Å². The van der Waals surface area contributed by atoms with E-state index in [9.17, 15) is 14.4 Å². The SMILES string of the molecule is CCc1cccc(CC)c1NC(=O)COC(=O)c1nn(-c2ccccc2)c(=O)c2ccccc12. The second kappa shape index (κ2) is 10.1. The summed E-state index contributed by atoms with van der Waals surface area (Å²) >= 11 is 0. The monoisotopic (exact) mass is 455 g/mol. The van der Waals surface area contributed by atoms with Crippen LogP contribution in [0.25, 0.3) is 16.5 Å². The number of rotatable bonds is 7. The zero-order chi connectivity index (χ0) is 24.1. The van der Waals surface area contributed by atoms with Gasteiger partial charge < -0.3 is 10.1 Å². The Morgan fingerprint density at radius 3 is 2.12 bits per heavy atom. The molecule has 0 radical (unpaired) electrons. The Morgan fingerprint density at radius 1 is 0.853 bits per heavy atom. The van der Waals surface area contributed by atoms with Crippen LogP contribution in [-0.2, 0) is 22.4 Å². The van der Waals surface area contributed by atoms with Gasteiger partial charge in [0.15, 0.2) is 12.3 Å². The summed E-state index contributed by atoms with van der Waals surface area (Å²) in [5.74, 6) is -1.22. The first-order valence-corrected chi connectivity index (χ1v) is 11.2. The van der Waals surface area contributed by atoms with Crippen molar-refractivity contribution in [2.24, 2.45) is 0 Å². The van der Waals surface area contributed by atoms with Gasteiger partial charge in [-0.15, -0.1) is 0 Å². The standard InChI is InChI=1S/C27H25N3O4/c1-3-18-11-10-12-19(4-2)24(18)28-23(31)17-34-27(33)25-21-15-8-9-16-22(21)26(32)30(29-25)20-13-6-5-7-14-20/h5-16H,3-4,17H2,1-2H3,(H,28,31). The number of anilines is 1. The first-order valence-electron chi connectivity index (χ1n) is 11.2. The Hall–Kier alpha value is -4.26. The minimum Gasteiger partial charge on any atom is -0.451 e. The summed E-state index contributed by atoms with van der Waals surface area (Å²) in [6, 6.07) is 21.4. The fraction of sp³-hybridized carbons (Fsp3) is 0.185. The van der Waals surface area contributed by atoms with Gasteiger partial charge in [-0.25, -0.2) is 4.79 Å². The van der Waals surface area contributed by atoms with Crippen molar-refractivity contribution in [3.63, 3.8) is 0 Å². The molecular weight excluding hydrogens is 430 g/mol. The molecule has 0 atom stereocenters. The third-order valence-electron chi connectivity index (χ3n) is 5.60. The van der Waals surface area contributed by atoms with Crippen LogP contribution in [0.3, 0.4) is 0 Å². The summed E-state index contributed by atoms with van der Waals surface area (Å²) in [6.07, 6.45) is 1.53. The molecule has 0 bridgehead atoms. The number of carbonyl (C=O) groups excluding carboxylic acids is 2. The molecule has 1 amide bonds. The number of benzene rings is 3. The average Bonchev–Trinajstić information content (AvgIpc) is 2.88. The molecule has 0 aliphatic carbocycles. The quantitative estimate of drug-likeness (QED) is 0.420. The second-order valence-corrected chi connectivity index (χ2v) is 7.73. The highest BCUT2D eigenvalue weighted by molar-refractivity contribution is 6.03. The Morgan fingerprint density at radius 2 is 1.47 bits per heavy atom. The number of aromatic nitrogens is 2. The van der Waals surface area contributed by atoms with Crippen LogP contribution in [0, 0.1) is 0 Å². The van der Waals surface area contributed by atoms with Crippen LogP contribution < -0.4 is 10.9 Å². The first-order chi connectivity index (χ1) is 16.5. The van der Waals surface area contributed by atoms with Gasteiger partial charge >= 0.3 is 5.97 Å². The van der Waals surface area contributed by atoms with Crippen LogP contribution in [0.15, 0.2) is 77.6 Å². The molecule has 3 aromatic carbocycles. The summed E-state index contributed by atoms with van der Waals surface area (Å²) in [5.41, 5.74) is 2.93. The molecule has 4 rings (SSSR count). The molecule has 0 saturated carbocycles. The largest absolute Gasteiger partial charge is 0.451 e. The lowest BCUT2D eigenvalue weighted by Crippen LogP contribution is -2.27. The maximum atomic E-state index is 13.0. The van der Waals surface area contributed by atoms with Crippen molar-refractivity contribution in [1.82, 2.24) is 9.78 Å². The van der Waals surface area contributed by atoms with Gasteiger partial charge in [-0.05, 0) is 42.2 Å². The number of para-hydroxylation sites is 2. The lowest BCUT2D eigenvalue weighted by atomic mass is 10.0. The minimum absolute atomic E-state index is 0.0324. The predicted octanol–water partition coefficient (Wildman–Crippen LogP) is 4.31. The molecule has 0 fully saturated rings. The van der Waals surface area contributed by atoms with E-state index in [1.807, 2.05) is 38.1 Å². The smallest absolute Gasteiger partial charge is 0.359 e. The third kappa shape index (κ3) is 4.59. The number of amides is 1. The van der Waals surface area contributed by atoms with Gasteiger partial charge in [-0.1, -0.05) is 68.4 Å². The molecule has 0 spiro atoms. The summed E-state index contributed by atoms with van der Waals surface area (Å²) in [7, 11) is 0. The van der Waals surface area contributed by atoms with Gasteiger partial charge in [0.2, 0.25) is 0 Å². The van der Waals surface area contributed by atoms with Crippen molar-refractivity contribution in [2.45, 2.75) is 26.7 Å². The summed E-state index contributed by atoms with van der Waals surface area (Å²) in [6.45, 7) is 3.56.